The Kier molecular flexibility index (Phi) is 10.9. The van der Waals surface area contributed by atoms with E-state index in [-0.39, 0.29) is 29.8 Å². The summed E-state index contributed by atoms with van der Waals surface area (Å²) in [6.07, 6.45) is -1.42. The van der Waals surface area contributed by atoms with Crippen LogP contribution >= 0.6 is 0 Å². The molecule has 5 amide bonds. The average Bonchev–Trinajstić information content (AvgIpc) is 3.63. The van der Waals surface area contributed by atoms with Crippen LogP contribution in [0.1, 0.15) is 62.7 Å². The quantitative estimate of drug-likeness (QED) is 0.145. The summed E-state index contributed by atoms with van der Waals surface area (Å²) in [5.74, 6) is -3.99. The van der Waals surface area contributed by atoms with Gasteiger partial charge in [0.1, 0.15) is 23.2 Å². The maximum absolute atomic E-state index is 15.2. The van der Waals surface area contributed by atoms with Gasteiger partial charge in [0.2, 0.25) is 11.8 Å². The summed E-state index contributed by atoms with van der Waals surface area (Å²) in [7, 11) is 0. The zero-order valence-electron chi connectivity index (χ0n) is 30.4. The highest BCUT2D eigenvalue weighted by molar-refractivity contribution is 6.07. The number of aromatic nitrogens is 3. The van der Waals surface area contributed by atoms with E-state index in [1.165, 1.54) is 23.0 Å². The molecule has 7 rings (SSSR count). The molecule has 2 aromatic carbocycles. The van der Waals surface area contributed by atoms with Crippen molar-refractivity contribution in [3.05, 3.63) is 95.3 Å². The number of alkyl halides is 3. The molecule has 0 saturated carbocycles. The van der Waals surface area contributed by atoms with Crippen LogP contribution in [0.5, 0.6) is 0 Å². The lowest BCUT2D eigenvalue weighted by molar-refractivity contribution is -0.141. The van der Waals surface area contributed by atoms with Crippen LogP contribution in [-0.4, -0.2) is 101 Å². The van der Waals surface area contributed by atoms with E-state index in [1.807, 2.05) is 17.0 Å². The molecule has 3 saturated heterocycles. The first-order valence-corrected chi connectivity index (χ1v) is 18.3. The number of pyridine rings is 1. The molecule has 1 unspecified atom stereocenters. The molecule has 0 bridgehead atoms. The number of carbonyl (C=O) groups excluding carboxylic acids is 5. The first-order valence-electron chi connectivity index (χ1n) is 18.3. The highest BCUT2D eigenvalue weighted by atomic mass is 19.4. The molecule has 57 heavy (non-hydrogen) atoms. The highest BCUT2D eigenvalue weighted by Gasteiger charge is 2.34. The SMILES string of the molecule is NC(=O)c1nn(-c2ccc(N3CCN(C4CCN(c5ccc(C(=O)NC6CCC(=O)NC6=O)cc5F)CC4)CC3)cc2)cc1NC(=O)c1cccc(C(F)(F)F)n1. The van der Waals surface area contributed by atoms with Gasteiger partial charge in [0.05, 0.1) is 23.3 Å². The van der Waals surface area contributed by atoms with Crippen molar-refractivity contribution in [1.82, 2.24) is 30.3 Å². The van der Waals surface area contributed by atoms with Crippen molar-refractivity contribution in [2.45, 2.75) is 43.9 Å². The molecular formula is C38H38F4N10O5. The van der Waals surface area contributed by atoms with Crippen molar-refractivity contribution in [3.8, 4) is 5.69 Å². The number of rotatable bonds is 9. The first-order chi connectivity index (χ1) is 27.2. The number of piperidine rings is 2. The van der Waals surface area contributed by atoms with Crippen LogP contribution in [0.2, 0.25) is 0 Å². The Balaban J connectivity index is 0.904. The molecule has 3 fully saturated rings. The standard InChI is InChI=1S/C38H38F4N10O5/c39-26-20-22(35(55)45-28-9-11-32(53)47-37(28)57)4-10-30(26)51-14-12-24(13-15-51)50-18-16-49(17-19-50)23-5-7-25(8-6-23)52-21-29(33(48-52)34(43)54)46-36(56)27-2-1-3-31(44-27)38(40,41)42/h1-8,10,20-21,24,28H,9,11-19H2,(H2,43,54)(H,45,55)(H,46,56)(H,47,53,57). The number of halogens is 4. The molecule has 5 heterocycles. The van der Waals surface area contributed by atoms with Gasteiger partial charge in [-0.2, -0.15) is 18.3 Å². The third-order valence-electron chi connectivity index (χ3n) is 10.3. The summed E-state index contributed by atoms with van der Waals surface area (Å²) in [6, 6.07) is 14.1. The molecule has 0 aliphatic carbocycles. The second-order valence-corrected chi connectivity index (χ2v) is 14.0. The number of anilines is 3. The number of imide groups is 1. The second kappa shape index (κ2) is 16.0. The predicted octanol–water partition coefficient (Wildman–Crippen LogP) is 3.10. The van der Waals surface area contributed by atoms with Crippen molar-refractivity contribution < 1.29 is 41.5 Å². The van der Waals surface area contributed by atoms with Gasteiger partial charge in [0, 0.05) is 63.0 Å². The van der Waals surface area contributed by atoms with Gasteiger partial charge in [-0.25, -0.2) is 14.1 Å². The van der Waals surface area contributed by atoms with Gasteiger partial charge in [0.15, 0.2) is 5.69 Å². The fourth-order valence-corrected chi connectivity index (χ4v) is 7.30. The minimum absolute atomic E-state index is 0.0890. The van der Waals surface area contributed by atoms with Gasteiger partial charge >= 0.3 is 6.18 Å². The summed E-state index contributed by atoms with van der Waals surface area (Å²) in [5.41, 5.74) is 5.39. The fourth-order valence-electron chi connectivity index (χ4n) is 7.30. The molecule has 1 atom stereocenters. The molecule has 3 aliphatic heterocycles. The summed E-state index contributed by atoms with van der Waals surface area (Å²) in [6.45, 7) is 4.46. The number of carbonyl (C=O) groups is 5. The van der Waals surface area contributed by atoms with E-state index in [0.717, 1.165) is 62.9 Å². The molecule has 0 radical (unpaired) electrons. The van der Waals surface area contributed by atoms with E-state index < -0.39 is 59.0 Å². The van der Waals surface area contributed by atoms with Gasteiger partial charge in [-0.3, -0.25) is 34.2 Å². The Morgan fingerprint density at radius 2 is 1.54 bits per heavy atom. The van der Waals surface area contributed by atoms with E-state index in [0.29, 0.717) is 30.5 Å². The molecule has 3 aliphatic rings. The molecule has 5 N–H and O–H groups in total. The van der Waals surface area contributed by atoms with Gasteiger partial charge in [0.25, 0.3) is 17.7 Å². The number of hydrogen-bond acceptors (Lipinski definition) is 10. The van der Waals surface area contributed by atoms with E-state index in [2.05, 4.69) is 35.8 Å². The Hall–Kier alpha value is -6.37. The van der Waals surface area contributed by atoms with Crippen LogP contribution in [0, 0.1) is 5.82 Å². The van der Waals surface area contributed by atoms with E-state index in [4.69, 9.17) is 5.73 Å². The molecule has 2 aromatic heterocycles. The molecule has 19 heteroatoms. The molecular weight excluding hydrogens is 752 g/mol. The fraction of sp³-hybridized carbons (Fsp3) is 0.342. The van der Waals surface area contributed by atoms with Crippen molar-refractivity contribution in [3.63, 3.8) is 0 Å². The Morgan fingerprint density at radius 1 is 0.842 bits per heavy atom. The Labute approximate surface area is 323 Å². The monoisotopic (exact) mass is 790 g/mol. The van der Waals surface area contributed by atoms with Crippen LogP contribution in [0.25, 0.3) is 5.69 Å². The van der Waals surface area contributed by atoms with Gasteiger partial charge in [-0.1, -0.05) is 6.07 Å². The van der Waals surface area contributed by atoms with Crippen molar-refractivity contribution in [1.29, 1.82) is 0 Å². The normalized spacial score (nSPS) is 18.3. The maximum Gasteiger partial charge on any atom is 0.433 e. The lowest BCUT2D eigenvalue weighted by atomic mass is 10.0. The minimum Gasteiger partial charge on any atom is -0.369 e. The Bertz CT molecular complexity index is 2200. The molecule has 15 nitrogen and oxygen atoms in total. The van der Waals surface area contributed by atoms with Crippen LogP contribution in [0.4, 0.5) is 34.6 Å². The number of nitrogens with one attached hydrogen (secondary N) is 3. The molecule has 298 valence electrons. The van der Waals surface area contributed by atoms with Gasteiger partial charge in [-0.15, -0.1) is 0 Å². The van der Waals surface area contributed by atoms with Crippen molar-refractivity contribution in [2.75, 3.05) is 54.4 Å². The summed E-state index contributed by atoms with van der Waals surface area (Å²) in [4.78, 5) is 71.0. The van der Waals surface area contributed by atoms with Crippen LogP contribution in [0.3, 0.4) is 0 Å². The first kappa shape index (κ1) is 38.9. The minimum atomic E-state index is -4.74. The lowest BCUT2D eigenvalue weighted by Gasteiger charge is -2.43. The van der Waals surface area contributed by atoms with Gasteiger partial charge < -0.3 is 26.2 Å². The van der Waals surface area contributed by atoms with E-state index >= 15 is 4.39 Å². The number of benzene rings is 2. The number of amides is 5. The second-order valence-electron chi connectivity index (χ2n) is 14.0. The Morgan fingerprint density at radius 3 is 2.19 bits per heavy atom. The molecule has 0 spiro atoms. The number of nitrogens with two attached hydrogens (primary N) is 1. The van der Waals surface area contributed by atoms with E-state index in [1.54, 1.807) is 18.2 Å². The highest BCUT2D eigenvalue weighted by Crippen LogP contribution is 2.29. The summed E-state index contributed by atoms with van der Waals surface area (Å²) < 4.78 is 55.9. The number of hydrogen-bond donors (Lipinski definition) is 4. The lowest BCUT2D eigenvalue weighted by Crippen LogP contribution is -2.53. The number of piperazine rings is 1. The van der Waals surface area contributed by atoms with Crippen LogP contribution in [-0.2, 0) is 15.8 Å². The summed E-state index contributed by atoms with van der Waals surface area (Å²) >= 11 is 0. The van der Waals surface area contributed by atoms with Crippen LogP contribution in [0.15, 0.2) is 66.9 Å². The van der Waals surface area contributed by atoms with Crippen LogP contribution < -0.4 is 31.5 Å². The van der Waals surface area contributed by atoms with E-state index in [9.17, 15) is 37.1 Å². The zero-order chi connectivity index (χ0) is 40.4. The summed E-state index contributed by atoms with van der Waals surface area (Å²) in [5, 5.41) is 11.3. The third-order valence-corrected chi connectivity index (χ3v) is 10.3. The molecule has 4 aromatic rings. The van der Waals surface area contributed by atoms with Gasteiger partial charge in [-0.05, 0) is 73.9 Å². The predicted molar refractivity (Wildman–Crippen MR) is 198 cm³/mol. The largest absolute Gasteiger partial charge is 0.433 e. The maximum atomic E-state index is 15.2. The zero-order valence-corrected chi connectivity index (χ0v) is 30.4. The average molecular weight is 791 g/mol. The van der Waals surface area contributed by atoms with Crippen molar-refractivity contribution >= 4 is 46.6 Å². The third kappa shape index (κ3) is 8.72. The topological polar surface area (TPSA) is 188 Å². The van der Waals surface area contributed by atoms with Crippen molar-refractivity contribution in [2.24, 2.45) is 5.73 Å². The number of nitrogens with zero attached hydrogens (tertiary/aromatic N) is 6. The number of primary amides is 1. The smallest absolute Gasteiger partial charge is 0.369 e.